The molecule has 6 heteroatoms. The monoisotopic (exact) mass is 334 g/mol. The maximum Gasteiger partial charge on any atom is 0.340 e. The summed E-state index contributed by atoms with van der Waals surface area (Å²) in [6.07, 6.45) is 0. The normalized spacial score (nSPS) is 10.4. The summed E-state index contributed by atoms with van der Waals surface area (Å²) in [6.45, 7) is 5.86. The van der Waals surface area contributed by atoms with Gasteiger partial charge in [0.1, 0.15) is 5.69 Å². The van der Waals surface area contributed by atoms with Crippen LogP contribution >= 0.6 is 11.6 Å². The lowest BCUT2D eigenvalue weighted by atomic mass is 10.1. The summed E-state index contributed by atoms with van der Waals surface area (Å²) in [5, 5.41) is 3.43. The highest BCUT2D eigenvalue weighted by Crippen LogP contribution is 2.19. The molecule has 23 heavy (non-hydrogen) atoms. The molecule has 2 rings (SSSR count). The molecule has 5 nitrogen and oxygen atoms in total. The molecule has 122 valence electrons. The maximum atomic E-state index is 12.3. The van der Waals surface area contributed by atoms with Gasteiger partial charge >= 0.3 is 5.97 Å². The zero-order valence-corrected chi connectivity index (χ0v) is 14.1. The molecule has 0 fully saturated rings. The van der Waals surface area contributed by atoms with E-state index in [0.717, 1.165) is 5.56 Å². The first-order chi connectivity index (χ1) is 10.9. The number of aromatic nitrogens is 1. The van der Waals surface area contributed by atoms with E-state index in [1.165, 1.54) is 0 Å². The van der Waals surface area contributed by atoms with Gasteiger partial charge in [0.2, 0.25) is 0 Å². The third-order valence-electron chi connectivity index (χ3n) is 3.49. The van der Waals surface area contributed by atoms with E-state index in [1.54, 1.807) is 32.9 Å². The second kappa shape index (κ2) is 7.33. The number of nitrogens with one attached hydrogen (secondary N) is 2. The number of esters is 1. The molecule has 0 radical (unpaired) electrons. The standard InChI is InChI=1S/C17H19ClN2O3/c1-4-23-17(22)14-10(2)15(20-11(14)3)16(21)19-9-12-6-5-7-13(18)8-12/h5-8,20H,4,9H2,1-3H3,(H,19,21). The predicted octanol–water partition coefficient (Wildman–Crippen LogP) is 3.39. The van der Waals surface area contributed by atoms with Gasteiger partial charge in [-0.15, -0.1) is 0 Å². The number of benzene rings is 1. The van der Waals surface area contributed by atoms with Crippen molar-refractivity contribution in [2.45, 2.75) is 27.3 Å². The molecule has 0 spiro atoms. The fourth-order valence-electron chi connectivity index (χ4n) is 2.40. The van der Waals surface area contributed by atoms with Gasteiger partial charge in [-0.1, -0.05) is 23.7 Å². The van der Waals surface area contributed by atoms with Crippen LogP contribution in [0.4, 0.5) is 0 Å². The van der Waals surface area contributed by atoms with Crippen LogP contribution < -0.4 is 5.32 Å². The number of aromatic amines is 1. The van der Waals surface area contributed by atoms with Gasteiger partial charge in [-0.25, -0.2) is 4.79 Å². The van der Waals surface area contributed by atoms with Crippen LogP contribution in [0.1, 0.15) is 44.6 Å². The highest BCUT2D eigenvalue weighted by Gasteiger charge is 2.22. The average molecular weight is 335 g/mol. The highest BCUT2D eigenvalue weighted by molar-refractivity contribution is 6.30. The number of halogens is 1. The first kappa shape index (κ1) is 17.1. The van der Waals surface area contributed by atoms with Gasteiger partial charge in [0, 0.05) is 17.3 Å². The molecule has 0 atom stereocenters. The lowest BCUT2D eigenvalue weighted by Crippen LogP contribution is -2.24. The average Bonchev–Trinajstić information content (AvgIpc) is 2.80. The van der Waals surface area contributed by atoms with E-state index >= 15 is 0 Å². The van der Waals surface area contributed by atoms with E-state index < -0.39 is 5.97 Å². The zero-order valence-electron chi connectivity index (χ0n) is 13.3. The number of rotatable bonds is 5. The van der Waals surface area contributed by atoms with Crippen LogP contribution in [0.5, 0.6) is 0 Å². The van der Waals surface area contributed by atoms with Crippen LogP contribution in [0.2, 0.25) is 5.02 Å². The second-order valence-electron chi connectivity index (χ2n) is 5.16. The van der Waals surface area contributed by atoms with Crippen molar-refractivity contribution in [1.82, 2.24) is 10.3 Å². The van der Waals surface area contributed by atoms with Crippen LogP contribution in [-0.4, -0.2) is 23.5 Å². The molecule has 1 heterocycles. The molecule has 0 unspecified atom stereocenters. The van der Waals surface area contributed by atoms with E-state index in [4.69, 9.17) is 16.3 Å². The Labute approximate surface area is 140 Å². The minimum absolute atomic E-state index is 0.277. The minimum atomic E-state index is -0.423. The van der Waals surface area contributed by atoms with Crippen LogP contribution in [0.25, 0.3) is 0 Å². The Balaban J connectivity index is 2.14. The number of carbonyl (C=O) groups is 2. The first-order valence-corrected chi connectivity index (χ1v) is 7.70. The largest absolute Gasteiger partial charge is 0.462 e. The summed E-state index contributed by atoms with van der Waals surface area (Å²) < 4.78 is 5.02. The fourth-order valence-corrected chi connectivity index (χ4v) is 2.62. The predicted molar refractivity (Wildman–Crippen MR) is 88.8 cm³/mol. The van der Waals surface area contributed by atoms with Crippen LogP contribution in [0, 0.1) is 13.8 Å². The fraction of sp³-hybridized carbons (Fsp3) is 0.294. The number of hydrogen-bond acceptors (Lipinski definition) is 3. The van der Waals surface area contributed by atoms with E-state index in [9.17, 15) is 9.59 Å². The number of hydrogen-bond donors (Lipinski definition) is 2. The third-order valence-corrected chi connectivity index (χ3v) is 3.72. The molecule has 0 saturated heterocycles. The van der Waals surface area contributed by atoms with Gasteiger partial charge in [0.25, 0.3) is 5.91 Å². The molecule has 0 aliphatic carbocycles. The van der Waals surface area contributed by atoms with Crippen molar-refractivity contribution >= 4 is 23.5 Å². The molecular weight excluding hydrogens is 316 g/mol. The van der Waals surface area contributed by atoms with Crippen molar-refractivity contribution in [3.8, 4) is 0 Å². The van der Waals surface area contributed by atoms with Crippen LogP contribution in [0.15, 0.2) is 24.3 Å². The highest BCUT2D eigenvalue weighted by atomic mass is 35.5. The Morgan fingerprint density at radius 1 is 1.30 bits per heavy atom. The molecule has 0 saturated carbocycles. The summed E-state index contributed by atoms with van der Waals surface area (Å²) in [5.41, 5.74) is 2.89. The molecule has 0 bridgehead atoms. The van der Waals surface area contributed by atoms with Crippen LogP contribution in [-0.2, 0) is 11.3 Å². The molecule has 2 N–H and O–H groups in total. The molecule has 2 aromatic rings. The van der Waals surface area contributed by atoms with Gasteiger partial charge < -0.3 is 15.0 Å². The molecule has 1 aromatic heterocycles. The second-order valence-corrected chi connectivity index (χ2v) is 5.59. The summed E-state index contributed by atoms with van der Waals surface area (Å²) in [6, 6.07) is 7.27. The van der Waals surface area contributed by atoms with Gasteiger partial charge in [-0.05, 0) is 44.0 Å². The Hall–Kier alpha value is -2.27. The molecule has 0 aliphatic rings. The van der Waals surface area contributed by atoms with Crippen LogP contribution in [0.3, 0.4) is 0 Å². The topological polar surface area (TPSA) is 71.2 Å². The number of ether oxygens (including phenoxy) is 1. The summed E-state index contributed by atoms with van der Waals surface area (Å²) in [4.78, 5) is 27.3. The Kier molecular flexibility index (Phi) is 5.45. The number of carbonyl (C=O) groups excluding carboxylic acids is 2. The van der Waals surface area contributed by atoms with Gasteiger partial charge in [0.15, 0.2) is 0 Å². The van der Waals surface area contributed by atoms with E-state index in [0.29, 0.717) is 40.7 Å². The number of aryl methyl sites for hydroxylation is 1. The SMILES string of the molecule is CCOC(=O)c1c(C)[nH]c(C(=O)NCc2cccc(Cl)c2)c1C. The van der Waals surface area contributed by atoms with E-state index in [2.05, 4.69) is 10.3 Å². The van der Waals surface area contributed by atoms with Gasteiger partial charge in [0.05, 0.1) is 12.2 Å². The maximum absolute atomic E-state index is 12.3. The van der Waals surface area contributed by atoms with Crippen molar-refractivity contribution in [2.24, 2.45) is 0 Å². The molecule has 1 aromatic carbocycles. The zero-order chi connectivity index (χ0) is 17.0. The molecular formula is C17H19ClN2O3. The Morgan fingerprint density at radius 3 is 2.70 bits per heavy atom. The Bertz CT molecular complexity index is 737. The molecule has 0 aliphatic heterocycles. The summed E-state index contributed by atoms with van der Waals surface area (Å²) >= 11 is 5.92. The smallest absolute Gasteiger partial charge is 0.340 e. The van der Waals surface area contributed by atoms with Crippen molar-refractivity contribution in [1.29, 1.82) is 0 Å². The summed E-state index contributed by atoms with van der Waals surface area (Å²) in [5.74, 6) is -0.700. The number of amides is 1. The minimum Gasteiger partial charge on any atom is -0.462 e. The quantitative estimate of drug-likeness (QED) is 0.823. The Morgan fingerprint density at radius 2 is 2.04 bits per heavy atom. The van der Waals surface area contributed by atoms with Crippen molar-refractivity contribution < 1.29 is 14.3 Å². The van der Waals surface area contributed by atoms with Crippen molar-refractivity contribution in [3.63, 3.8) is 0 Å². The first-order valence-electron chi connectivity index (χ1n) is 7.33. The van der Waals surface area contributed by atoms with Gasteiger partial charge in [-0.3, -0.25) is 4.79 Å². The van der Waals surface area contributed by atoms with E-state index in [-0.39, 0.29) is 5.91 Å². The lowest BCUT2D eigenvalue weighted by molar-refractivity contribution is 0.0525. The lowest BCUT2D eigenvalue weighted by Gasteiger charge is -2.06. The number of H-pyrrole nitrogens is 1. The van der Waals surface area contributed by atoms with Gasteiger partial charge in [-0.2, -0.15) is 0 Å². The van der Waals surface area contributed by atoms with Crippen molar-refractivity contribution in [2.75, 3.05) is 6.61 Å². The van der Waals surface area contributed by atoms with Crippen molar-refractivity contribution in [3.05, 3.63) is 57.4 Å². The van der Waals surface area contributed by atoms with E-state index in [1.807, 2.05) is 12.1 Å². The molecule has 1 amide bonds. The third kappa shape index (κ3) is 3.93. The summed E-state index contributed by atoms with van der Waals surface area (Å²) in [7, 11) is 0.